The van der Waals surface area contributed by atoms with Crippen molar-refractivity contribution in [2.75, 3.05) is 11.4 Å². The first-order chi connectivity index (χ1) is 8.50. The van der Waals surface area contributed by atoms with Crippen LogP contribution < -0.4 is 10.6 Å². The zero-order valence-corrected chi connectivity index (χ0v) is 12.8. The second-order valence-electron chi connectivity index (χ2n) is 5.73. The van der Waals surface area contributed by atoms with Crippen LogP contribution in [0.25, 0.3) is 0 Å². The fourth-order valence-corrected chi connectivity index (χ4v) is 3.88. The van der Waals surface area contributed by atoms with Crippen molar-refractivity contribution < 1.29 is 0 Å². The lowest BCUT2D eigenvalue weighted by Crippen LogP contribution is -2.37. The van der Waals surface area contributed by atoms with E-state index >= 15 is 0 Å². The minimum Gasteiger partial charge on any atom is -0.345 e. The summed E-state index contributed by atoms with van der Waals surface area (Å²) < 4.78 is 0. The number of nitrogens with zero attached hydrogens (tertiary/aromatic N) is 2. The molecule has 1 aliphatic rings. The van der Waals surface area contributed by atoms with E-state index in [0.29, 0.717) is 12.0 Å². The minimum atomic E-state index is 0.0914. The molecule has 0 spiro atoms. The van der Waals surface area contributed by atoms with Gasteiger partial charge in [-0.2, -0.15) is 0 Å². The fraction of sp³-hybridized carbons (Fsp3) is 0.786. The lowest BCUT2D eigenvalue weighted by molar-refractivity contribution is 0.483. The SMILES string of the molecule is CC(C)c1nc(N2CCCCC2C)sc1C(C)N. The Bertz CT molecular complexity index is 372. The van der Waals surface area contributed by atoms with Crippen LogP contribution in [0.15, 0.2) is 0 Å². The highest BCUT2D eigenvalue weighted by atomic mass is 32.1. The van der Waals surface area contributed by atoms with Crippen molar-refractivity contribution in [3.05, 3.63) is 10.6 Å². The van der Waals surface area contributed by atoms with E-state index in [9.17, 15) is 0 Å². The minimum absolute atomic E-state index is 0.0914. The smallest absolute Gasteiger partial charge is 0.186 e. The highest BCUT2D eigenvalue weighted by Crippen LogP contribution is 2.36. The average Bonchev–Trinajstić information content (AvgIpc) is 2.74. The van der Waals surface area contributed by atoms with Gasteiger partial charge in [-0.25, -0.2) is 4.98 Å². The topological polar surface area (TPSA) is 42.2 Å². The molecule has 2 unspecified atom stereocenters. The zero-order valence-electron chi connectivity index (χ0n) is 11.9. The maximum absolute atomic E-state index is 6.08. The molecule has 2 N–H and O–H groups in total. The van der Waals surface area contributed by atoms with E-state index in [1.165, 1.54) is 35.0 Å². The summed E-state index contributed by atoms with van der Waals surface area (Å²) in [7, 11) is 0. The predicted molar refractivity (Wildman–Crippen MR) is 79.5 cm³/mol. The zero-order chi connectivity index (χ0) is 13.3. The van der Waals surface area contributed by atoms with Crippen LogP contribution in [0.3, 0.4) is 0 Å². The fourth-order valence-electron chi connectivity index (χ4n) is 2.58. The third kappa shape index (κ3) is 2.69. The van der Waals surface area contributed by atoms with Gasteiger partial charge in [0.05, 0.1) is 5.69 Å². The van der Waals surface area contributed by atoms with Crippen LogP contribution in [-0.4, -0.2) is 17.6 Å². The van der Waals surface area contributed by atoms with Crippen molar-refractivity contribution in [3.63, 3.8) is 0 Å². The standard InChI is InChI=1S/C14H25N3S/c1-9(2)12-13(11(4)15)18-14(16-12)17-8-6-5-7-10(17)3/h9-11H,5-8,15H2,1-4H3. The van der Waals surface area contributed by atoms with E-state index in [2.05, 4.69) is 32.6 Å². The number of hydrogen-bond donors (Lipinski definition) is 1. The van der Waals surface area contributed by atoms with Gasteiger partial charge in [-0.3, -0.25) is 0 Å². The van der Waals surface area contributed by atoms with Crippen LogP contribution in [0.2, 0.25) is 0 Å². The first kappa shape index (κ1) is 13.8. The third-order valence-electron chi connectivity index (χ3n) is 3.68. The van der Waals surface area contributed by atoms with Crippen LogP contribution in [0.5, 0.6) is 0 Å². The molecule has 18 heavy (non-hydrogen) atoms. The largest absolute Gasteiger partial charge is 0.345 e. The Kier molecular flexibility index (Phi) is 4.28. The second kappa shape index (κ2) is 5.57. The third-order valence-corrected chi connectivity index (χ3v) is 4.99. The number of thiazole rings is 1. The lowest BCUT2D eigenvalue weighted by Gasteiger charge is -2.33. The van der Waals surface area contributed by atoms with Gasteiger partial charge in [-0.05, 0) is 39.0 Å². The van der Waals surface area contributed by atoms with Crippen molar-refractivity contribution in [2.24, 2.45) is 5.73 Å². The molecule has 1 aromatic heterocycles. The van der Waals surface area contributed by atoms with Gasteiger partial charge in [0.15, 0.2) is 5.13 Å². The molecule has 0 amide bonds. The van der Waals surface area contributed by atoms with Gasteiger partial charge in [0.2, 0.25) is 0 Å². The van der Waals surface area contributed by atoms with E-state index in [4.69, 9.17) is 10.7 Å². The van der Waals surface area contributed by atoms with Crippen molar-refractivity contribution in [1.29, 1.82) is 0 Å². The molecule has 1 saturated heterocycles. The molecule has 2 rings (SSSR count). The van der Waals surface area contributed by atoms with Crippen LogP contribution >= 0.6 is 11.3 Å². The molecule has 0 saturated carbocycles. The Morgan fingerprint density at radius 3 is 2.56 bits per heavy atom. The van der Waals surface area contributed by atoms with Gasteiger partial charge in [-0.1, -0.05) is 25.2 Å². The van der Waals surface area contributed by atoms with Gasteiger partial charge in [0, 0.05) is 23.5 Å². The molecule has 0 bridgehead atoms. The Labute approximate surface area is 114 Å². The number of aromatic nitrogens is 1. The summed E-state index contributed by atoms with van der Waals surface area (Å²) in [6.45, 7) is 9.91. The average molecular weight is 267 g/mol. The highest BCUT2D eigenvalue weighted by molar-refractivity contribution is 7.15. The summed E-state index contributed by atoms with van der Waals surface area (Å²) >= 11 is 1.80. The number of hydrogen-bond acceptors (Lipinski definition) is 4. The first-order valence-electron chi connectivity index (χ1n) is 7.03. The lowest BCUT2D eigenvalue weighted by atomic mass is 10.0. The van der Waals surface area contributed by atoms with Crippen molar-refractivity contribution >= 4 is 16.5 Å². The van der Waals surface area contributed by atoms with Crippen LogP contribution in [-0.2, 0) is 0 Å². The van der Waals surface area contributed by atoms with Crippen LogP contribution in [0.1, 0.15) is 69.5 Å². The molecule has 1 fully saturated rings. The maximum atomic E-state index is 6.08. The molecule has 1 aliphatic heterocycles. The Balaban J connectivity index is 2.30. The monoisotopic (exact) mass is 267 g/mol. The van der Waals surface area contributed by atoms with E-state index in [1.807, 2.05) is 0 Å². The quantitative estimate of drug-likeness (QED) is 0.908. The summed E-state index contributed by atoms with van der Waals surface area (Å²) in [6.07, 6.45) is 3.92. The van der Waals surface area contributed by atoms with Gasteiger partial charge in [0.1, 0.15) is 0 Å². The summed E-state index contributed by atoms with van der Waals surface area (Å²) in [5.74, 6) is 0.455. The van der Waals surface area contributed by atoms with Crippen LogP contribution in [0.4, 0.5) is 5.13 Å². The van der Waals surface area contributed by atoms with Crippen molar-refractivity contribution in [1.82, 2.24) is 4.98 Å². The molecular weight excluding hydrogens is 242 g/mol. The molecule has 4 heteroatoms. The molecule has 2 heterocycles. The molecule has 102 valence electrons. The molecule has 0 aromatic carbocycles. The van der Waals surface area contributed by atoms with E-state index < -0.39 is 0 Å². The molecular formula is C14H25N3S. The van der Waals surface area contributed by atoms with Gasteiger partial charge in [-0.15, -0.1) is 0 Å². The normalized spacial score (nSPS) is 22.6. The second-order valence-corrected chi connectivity index (χ2v) is 6.74. The maximum Gasteiger partial charge on any atom is 0.186 e. The summed E-state index contributed by atoms with van der Waals surface area (Å²) in [5, 5.41) is 1.18. The van der Waals surface area contributed by atoms with E-state index in [1.54, 1.807) is 11.3 Å². The number of nitrogens with two attached hydrogens (primary N) is 1. The summed E-state index contributed by atoms with van der Waals surface area (Å²) in [6, 6.07) is 0.708. The van der Waals surface area contributed by atoms with Gasteiger partial charge >= 0.3 is 0 Å². The number of anilines is 1. The molecule has 1 aromatic rings. The first-order valence-corrected chi connectivity index (χ1v) is 7.85. The van der Waals surface area contributed by atoms with E-state index in [0.717, 1.165) is 6.54 Å². The highest BCUT2D eigenvalue weighted by Gasteiger charge is 2.24. The van der Waals surface area contributed by atoms with E-state index in [-0.39, 0.29) is 6.04 Å². The van der Waals surface area contributed by atoms with Gasteiger partial charge in [0.25, 0.3) is 0 Å². The number of rotatable bonds is 3. The Hall–Kier alpha value is -0.610. The Morgan fingerprint density at radius 1 is 1.33 bits per heavy atom. The summed E-state index contributed by atoms with van der Waals surface area (Å²) in [4.78, 5) is 8.60. The molecule has 2 atom stereocenters. The Morgan fingerprint density at radius 2 is 2.06 bits per heavy atom. The van der Waals surface area contributed by atoms with Crippen molar-refractivity contribution in [2.45, 2.75) is 65.0 Å². The van der Waals surface area contributed by atoms with Gasteiger partial charge < -0.3 is 10.6 Å². The van der Waals surface area contributed by atoms with Crippen molar-refractivity contribution in [3.8, 4) is 0 Å². The molecule has 0 aliphatic carbocycles. The number of piperidine rings is 1. The molecule has 0 radical (unpaired) electrons. The van der Waals surface area contributed by atoms with Crippen LogP contribution in [0, 0.1) is 0 Å². The summed E-state index contributed by atoms with van der Waals surface area (Å²) in [5.41, 5.74) is 7.28. The predicted octanol–water partition coefficient (Wildman–Crippen LogP) is 3.67. The molecule has 3 nitrogen and oxygen atoms in total.